The van der Waals surface area contributed by atoms with Crippen molar-refractivity contribution in [2.24, 2.45) is 0 Å². The average molecular weight is 430 g/mol. The fourth-order valence-electron chi connectivity index (χ4n) is 2.81. The minimum absolute atomic E-state index is 0.125. The van der Waals surface area contributed by atoms with E-state index in [1.165, 1.54) is 31.5 Å². The molecule has 0 atom stereocenters. The molecule has 13 heteroatoms. The first kappa shape index (κ1) is 21.4. The molecule has 30 heavy (non-hydrogen) atoms. The number of nitrogens with two attached hydrogens (primary N) is 1. The van der Waals surface area contributed by atoms with Gasteiger partial charge in [-0.3, -0.25) is 9.53 Å². The molecule has 0 unspecified atom stereocenters. The number of amides is 1. The summed E-state index contributed by atoms with van der Waals surface area (Å²) >= 11 is 0. The Morgan fingerprint density at radius 1 is 1.27 bits per heavy atom. The van der Waals surface area contributed by atoms with Crippen LogP contribution in [0.4, 0.5) is 40.7 Å². The molecule has 4 N–H and O–H groups in total. The number of ether oxygens (including phenoxy) is 2. The summed E-state index contributed by atoms with van der Waals surface area (Å²) in [5.41, 5.74) is 6.26. The molecule has 1 fully saturated rings. The Morgan fingerprint density at radius 3 is 2.53 bits per heavy atom. The third kappa shape index (κ3) is 4.62. The molecule has 1 amide bonds. The molecule has 1 aromatic carbocycles. The lowest BCUT2D eigenvalue weighted by Crippen LogP contribution is -2.56. The quantitative estimate of drug-likeness (QED) is 0.620. The minimum atomic E-state index is -4.17. The molecule has 1 aliphatic rings. The van der Waals surface area contributed by atoms with Crippen LogP contribution in [-0.4, -0.2) is 60.2 Å². The van der Waals surface area contributed by atoms with Crippen molar-refractivity contribution >= 4 is 29.0 Å². The van der Waals surface area contributed by atoms with Crippen LogP contribution < -0.4 is 21.1 Å². The van der Waals surface area contributed by atoms with E-state index >= 15 is 0 Å². The number of methoxy groups -OCH3 is 1. The maximum Gasteiger partial charge on any atom is 0.377 e. The Balaban J connectivity index is 1.84. The molecule has 3 rings (SSSR count). The SMILES string of the molecule is CNc1nc(Nc2ccc(C(=O)N3CC(F)(F)OC(F)(F)C3)cc2OC)ncc1N. The number of carbonyl (C=O) groups excluding carboxylic acids is 1. The number of rotatable bonds is 5. The summed E-state index contributed by atoms with van der Waals surface area (Å²) in [5, 5.41) is 5.66. The summed E-state index contributed by atoms with van der Waals surface area (Å²) in [6, 6.07) is 3.91. The van der Waals surface area contributed by atoms with E-state index in [0.717, 1.165) is 0 Å². The first-order valence-electron chi connectivity index (χ1n) is 8.54. The fourth-order valence-corrected chi connectivity index (χ4v) is 2.81. The smallest absolute Gasteiger partial charge is 0.377 e. The molecule has 2 heterocycles. The van der Waals surface area contributed by atoms with Crippen LogP contribution in [0.2, 0.25) is 0 Å². The monoisotopic (exact) mass is 430 g/mol. The van der Waals surface area contributed by atoms with Crippen molar-refractivity contribution in [2.45, 2.75) is 12.2 Å². The van der Waals surface area contributed by atoms with Gasteiger partial charge in [0.1, 0.15) is 18.8 Å². The topological polar surface area (TPSA) is 115 Å². The van der Waals surface area contributed by atoms with E-state index in [4.69, 9.17) is 10.5 Å². The van der Waals surface area contributed by atoms with Crippen molar-refractivity contribution < 1.29 is 31.8 Å². The van der Waals surface area contributed by atoms with Crippen LogP contribution in [-0.2, 0) is 4.74 Å². The second-order valence-corrected chi connectivity index (χ2v) is 6.33. The lowest BCUT2D eigenvalue weighted by atomic mass is 10.1. The van der Waals surface area contributed by atoms with Crippen LogP contribution in [0.15, 0.2) is 24.4 Å². The van der Waals surface area contributed by atoms with Crippen LogP contribution in [0, 0.1) is 0 Å². The normalized spacial score (nSPS) is 17.3. The highest BCUT2D eigenvalue weighted by Gasteiger charge is 2.52. The number of anilines is 4. The maximum absolute atomic E-state index is 13.4. The van der Waals surface area contributed by atoms with Crippen molar-refractivity contribution in [3.63, 3.8) is 0 Å². The standard InChI is InChI=1S/C17H18F4N6O3/c1-23-13-10(22)6-24-15(26-13)25-11-4-3-9(5-12(11)29-2)14(28)27-7-16(18,19)30-17(20,21)8-27/h3-6H,7-8,22H2,1-2H3,(H2,23,24,25,26). The lowest BCUT2D eigenvalue weighted by molar-refractivity contribution is -0.400. The second kappa shape index (κ2) is 7.82. The molecule has 9 nitrogen and oxygen atoms in total. The number of alkyl halides is 4. The number of nitrogens with one attached hydrogen (secondary N) is 2. The number of nitrogen functional groups attached to an aromatic ring is 1. The van der Waals surface area contributed by atoms with E-state index in [9.17, 15) is 22.4 Å². The summed E-state index contributed by atoms with van der Waals surface area (Å²) in [5.74, 6) is -0.339. The van der Waals surface area contributed by atoms with E-state index in [2.05, 4.69) is 25.3 Å². The third-order valence-corrected chi connectivity index (χ3v) is 4.08. The van der Waals surface area contributed by atoms with Gasteiger partial charge in [0, 0.05) is 12.6 Å². The Labute approximate surface area is 168 Å². The van der Waals surface area contributed by atoms with Crippen molar-refractivity contribution in [2.75, 3.05) is 43.6 Å². The first-order valence-corrected chi connectivity index (χ1v) is 8.54. The zero-order chi connectivity index (χ0) is 22.1. The zero-order valence-corrected chi connectivity index (χ0v) is 15.9. The van der Waals surface area contributed by atoms with Gasteiger partial charge in [-0.1, -0.05) is 0 Å². The van der Waals surface area contributed by atoms with Crippen LogP contribution in [0.25, 0.3) is 0 Å². The number of nitrogens with zero attached hydrogens (tertiary/aromatic N) is 3. The summed E-state index contributed by atoms with van der Waals surface area (Å²) in [4.78, 5) is 21.0. The highest BCUT2D eigenvalue weighted by Crippen LogP contribution is 2.35. The van der Waals surface area contributed by atoms with E-state index in [-0.39, 0.29) is 17.3 Å². The predicted octanol–water partition coefficient (Wildman–Crippen LogP) is 2.51. The third-order valence-electron chi connectivity index (χ3n) is 4.08. The van der Waals surface area contributed by atoms with Gasteiger partial charge in [-0.05, 0) is 18.2 Å². The van der Waals surface area contributed by atoms with Gasteiger partial charge in [0.15, 0.2) is 5.82 Å². The summed E-state index contributed by atoms with van der Waals surface area (Å²) < 4.78 is 62.3. The Morgan fingerprint density at radius 2 is 1.93 bits per heavy atom. The van der Waals surface area contributed by atoms with Gasteiger partial charge < -0.3 is 26.0 Å². The molecule has 0 spiro atoms. The summed E-state index contributed by atoms with van der Waals surface area (Å²) in [6.07, 6.45) is -6.95. The summed E-state index contributed by atoms with van der Waals surface area (Å²) in [6.45, 7) is -2.59. The molecule has 162 valence electrons. The average Bonchev–Trinajstić information content (AvgIpc) is 2.66. The molecular weight excluding hydrogens is 412 g/mol. The fraction of sp³-hybridized carbons (Fsp3) is 0.353. The molecule has 0 radical (unpaired) electrons. The zero-order valence-electron chi connectivity index (χ0n) is 15.9. The minimum Gasteiger partial charge on any atom is -0.495 e. The molecule has 1 aliphatic heterocycles. The van der Waals surface area contributed by atoms with E-state index < -0.39 is 31.2 Å². The van der Waals surface area contributed by atoms with Gasteiger partial charge in [0.25, 0.3) is 5.91 Å². The predicted molar refractivity (Wildman–Crippen MR) is 99.2 cm³/mol. The van der Waals surface area contributed by atoms with Crippen LogP contribution in [0.5, 0.6) is 5.75 Å². The van der Waals surface area contributed by atoms with Gasteiger partial charge in [-0.15, -0.1) is 0 Å². The molecule has 2 aromatic rings. The van der Waals surface area contributed by atoms with Crippen LogP contribution in [0.3, 0.4) is 0 Å². The van der Waals surface area contributed by atoms with Crippen molar-refractivity contribution in [3.05, 3.63) is 30.0 Å². The van der Waals surface area contributed by atoms with E-state index in [1.54, 1.807) is 7.05 Å². The molecule has 0 bridgehead atoms. The van der Waals surface area contributed by atoms with E-state index in [1.807, 2.05) is 0 Å². The molecule has 0 saturated carbocycles. The molecule has 0 aliphatic carbocycles. The van der Waals surface area contributed by atoms with Crippen molar-refractivity contribution in [1.29, 1.82) is 0 Å². The number of morpholine rings is 1. The molecule has 1 aromatic heterocycles. The molecular formula is C17H18F4N6O3. The Kier molecular flexibility index (Phi) is 5.57. The van der Waals surface area contributed by atoms with Crippen LogP contribution >= 0.6 is 0 Å². The number of carbonyl (C=O) groups is 1. The van der Waals surface area contributed by atoms with Crippen LogP contribution in [0.1, 0.15) is 10.4 Å². The van der Waals surface area contributed by atoms with Gasteiger partial charge in [0.2, 0.25) is 5.95 Å². The highest BCUT2D eigenvalue weighted by atomic mass is 19.3. The second-order valence-electron chi connectivity index (χ2n) is 6.33. The number of benzene rings is 1. The van der Waals surface area contributed by atoms with Gasteiger partial charge in [0.05, 0.1) is 24.7 Å². The highest BCUT2D eigenvalue weighted by molar-refractivity contribution is 5.95. The van der Waals surface area contributed by atoms with Crippen molar-refractivity contribution in [3.8, 4) is 5.75 Å². The van der Waals surface area contributed by atoms with Crippen molar-refractivity contribution in [1.82, 2.24) is 14.9 Å². The first-order chi connectivity index (χ1) is 14.0. The Hall–Kier alpha value is -3.35. The van der Waals surface area contributed by atoms with E-state index in [0.29, 0.717) is 22.1 Å². The molecule has 1 saturated heterocycles. The van der Waals surface area contributed by atoms with Gasteiger partial charge in [-0.2, -0.15) is 22.5 Å². The van der Waals surface area contributed by atoms with Gasteiger partial charge >= 0.3 is 12.2 Å². The maximum atomic E-state index is 13.4. The van der Waals surface area contributed by atoms with Gasteiger partial charge in [-0.25, -0.2) is 4.98 Å². The largest absolute Gasteiger partial charge is 0.495 e. The number of halogens is 4. The lowest BCUT2D eigenvalue weighted by Gasteiger charge is -2.36. The number of hydrogen-bond acceptors (Lipinski definition) is 8. The Bertz CT molecular complexity index is 943. The number of aromatic nitrogens is 2. The summed E-state index contributed by atoms with van der Waals surface area (Å²) in [7, 11) is 2.94. The number of hydrogen-bond donors (Lipinski definition) is 3.